The van der Waals surface area contributed by atoms with Crippen LogP contribution in [0.2, 0.25) is 0 Å². The van der Waals surface area contributed by atoms with E-state index in [1.807, 2.05) is 0 Å². The third-order valence-electron chi connectivity index (χ3n) is 4.10. The zero-order chi connectivity index (χ0) is 17.0. The summed E-state index contributed by atoms with van der Waals surface area (Å²) in [6.45, 7) is 3.40. The third kappa shape index (κ3) is 3.48. The number of nitrogens with two attached hydrogens (primary N) is 2. The summed E-state index contributed by atoms with van der Waals surface area (Å²) in [6, 6.07) is 0. The molecule has 1 unspecified atom stereocenters. The van der Waals surface area contributed by atoms with Gasteiger partial charge < -0.3 is 26.3 Å². The van der Waals surface area contributed by atoms with Crippen molar-refractivity contribution >= 4 is 11.7 Å². The van der Waals surface area contributed by atoms with E-state index in [4.69, 9.17) is 25.9 Å². The molecule has 2 aliphatic rings. The van der Waals surface area contributed by atoms with Gasteiger partial charge in [0.2, 0.25) is 5.95 Å². The highest BCUT2D eigenvalue weighted by Gasteiger charge is 2.39. The van der Waals surface area contributed by atoms with Crippen LogP contribution < -0.4 is 16.8 Å². The third-order valence-corrected chi connectivity index (χ3v) is 4.10. The Bertz CT molecular complexity index is 625. The lowest BCUT2D eigenvalue weighted by atomic mass is 10.1. The molecule has 5 N–H and O–H groups in total. The van der Waals surface area contributed by atoms with Gasteiger partial charge in [-0.1, -0.05) is 0 Å². The number of nitrogens with zero attached hydrogens (tertiary/aromatic N) is 4. The highest BCUT2D eigenvalue weighted by Crippen LogP contribution is 2.25. The summed E-state index contributed by atoms with van der Waals surface area (Å²) in [5.41, 5.74) is 13.2. The van der Waals surface area contributed by atoms with Gasteiger partial charge >= 0.3 is 0 Å². The molecule has 130 valence electrons. The van der Waals surface area contributed by atoms with Crippen molar-refractivity contribution in [2.24, 2.45) is 10.7 Å². The minimum absolute atomic E-state index is 0.226. The van der Waals surface area contributed by atoms with Gasteiger partial charge in [0, 0.05) is 50.7 Å². The van der Waals surface area contributed by atoms with Gasteiger partial charge in [0.05, 0.1) is 25.5 Å². The van der Waals surface area contributed by atoms with Crippen molar-refractivity contribution in [2.75, 3.05) is 45.8 Å². The fourth-order valence-corrected chi connectivity index (χ4v) is 2.90. The zero-order valence-electron chi connectivity index (χ0n) is 13.7. The van der Waals surface area contributed by atoms with Crippen LogP contribution in [0.1, 0.15) is 12.0 Å². The largest absolute Gasteiger partial charge is 0.385 e. The average molecular weight is 333 g/mol. The van der Waals surface area contributed by atoms with Crippen molar-refractivity contribution in [3.63, 3.8) is 0 Å². The van der Waals surface area contributed by atoms with Gasteiger partial charge in [-0.25, -0.2) is 15.0 Å². The molecule has 9 heteroatoms. The van der Waals surface area contributed by atoms with Crippen LogP contribution in [0.5, 0.6) is 0 Å². The van der Waals surface area contributed by atoms with E-state index in [9.17, 15) is 0 Å². The standard InChI is InChI=1S/C15H23N7O2/c1-23-5-2-15(22-3-6-24-7-4-22)20-12(8-13(16)21-15)11-9-18-14(17)19-10-11/h8-10,21H,2-7,16H2,1H3,(H2,17,18,19). The maximum Gasteiger partial charge on any atom is 0.219 e. The molecule has 24 heavy (non-hydrogen) atoms. The van der Waals surface area contributed by atoms with Crippen molar-refractivity contribution in [3.05, 3.63) is 29.9 Å². The van der Waals surface area contributed by atoms with Crippen molar-refractivity contribution in [1.82, 2.24) is 20.2 Å². The number of aromatic nitrogens is 2. The number of ether oxygens (including phenoxy) is 2. The molecule has 0 aromatic carbocycles. The molecule has 1 atom stereocenters. The Hall–Kier alpha value is -2.23. The van der Waals surface area contributed by atoms with Gasteiger partial charge in [-0.05, 0) is 0 Å². The first-order chi connectivity index (χ1) is 11.6. The molecule has 0 saturated carbocycles. The fraction of sp³-hybridized carbons (Fsp3) is 0.533. The predicted molar refractivity (Wildman–Crippen MR) is 90.0 cm³/mol. The lowest BCUT2D eigenvalue weighted by molar-refractivity contribution is -0.0415. The molecule has 1 aromatic rings. The maximum absolute atomic E-state index is 6.15. The quantitative estimate of drug-likeness (QED) is 0.644. The number of methoxy groups -OCH3 is 1. The summed E-state index contributed by atoms with van der Waals surface area (Å²) in [7, 11) is 1.67. The van der Waals surface area contributed by atoms with E-state index < -0.39 is 5.79 Å². The van der Waals surface area contributed by atoms with Gasteiger partial charge in [0.25, 0.3) is 0 Å². The van der Waals surface area contributed by atoms with Crippen molar-refractivity contribution in [1.29, 1.82) is 0 Å². The van der Waals surface area contributed by atoms with Gasteiger partial charge in [-0.2, -0.15) is 0 Å². The second-order valence-corrected chi connectivity index (χ2v) is 5.71. The molecule has 9 nitrogen and oxygen atoms in total. The normalized spacial score (nSPS) is 24.9. The van der Waals surface area contributed by atoms with Gasteiger partial charge in [0.1, 0.15) is 5.82 Å². The SMILES string of the molecule is COCCC1(N2CCOCC2)N=C(c2cnc(N)nc2)C=C(N)N1. The first-order valence-electron chi connectivity index (χ1n) is 7.88. The van der Waals surface area contributed by atoms with Crippen LogP contribution >= 0.6 is 0 Å². The predicted octanol–water partition coefficient (Wildman–Crippen LogP) is -0.726. The number of allylic oxidation sites excluding steroid dienone is 1. The van der Waals surface area contributed by atoms with Crippen molar-refractivity contribution in [2.45, 2.75) is 12.2 Å². The van der Waals surface area contributed by atoms with E-state index in [2.05, 4.69) is 20.2 Å². The molecule has 1 saturated heterocycles. The summed E-state index contributed by atoms with van der Waals surface area (Å²) < 4.78 is 10.7. The molecule has 3 heterocycles. The molecular weight excluding hydrogens is 310 g/mol. The Labute approximate surface area is 140 Å². The molecule has 0 bridgehead atoms. The molecule has 1 fully saturated rings. The monoisotopic (exact) mass is 333 g/mol. The highest BCUT2D eigenvalue weighted by molar-refractivity contribution is 6.09. The van der Waals surface area contributed by atoms with E-state index in [1.54, 1.807) is 25.6 Å². The van der Waals surface area contributed by atoms with E-state index in [-0.39, 0.29) is 5.95 Å². The lowest BCUT2D eigenvalue weighted by Gasteiger charge is -2.45. The summed E-state index contributed by atoms with van der Waals surface area (Å²) in [4.78, 5) is 15.3. The van der Waals surface area contributed by atoms with Gasteiger partial charge in [-0.3, -0.25) is 4.90 Å². The van der Waals surface area contributed by atoms with Crippen molar-refractivity contribution < 1.29 is 9.47 Å². The second-order valence-electron chi connectivity index (χ2n) is 5.71. The molecule has 0 aliphatic carbocycles. The Kier molecular flexibility index (Phi) is 4.93. The van der Waals surface area contributed by atoms with Crippen LogP contribution in [0, 0.1) is 0 Å². The van der Waals surface area contributed by atoms with Gasteiger partial charge in [0.15, 0.2) is 5.79 Å². The van der Waals surface area contributed by atoms with Crippen LogP contribution in [0.15, 0.2) is 29.3 Å². The second kappa shape index (κ2) is 7.12. The molecular formula is C15H23N7O2. The van der Waals surface area contributed by atoms with Crippen LogP contribution in [0.4, 0.5) is 5.95 Å². The first kappa shape index (κ1) is 16.6. The van der Waals surface area contributed by atoms with Gasteiger partial charge in [-0.15, -0.1) is 0 Å². The fourth-order valence-electron chi connectivity index (χ4n) is 2.90. The molecule has 3 rings (SSSR count). The topological polar surface area (TPSA) is 124 Å². The number of rotatable bonds is 5. The first-order valence-corrected chi connectivity index (χ1v) is 7.88. The number of hydrogen-bond donors (Lipinski definition) is 3. The van der Waals surface area contributed by atoms with E-state index >= 15 is 0 Å². The lowest BCUT2D eigenvalue weighted by Crippen LogP contribution is -2.63. The Morgan fingerprint density at radius 2 is 2.00 bits per heavy atom. The smallest absolute Gasteiger partial charge is 0.219 e. The number of nitrogens with one attached hydrogen (secondary N) is 1. The Balaban J connectivity index is 1.97. The number of anilines is 1. The Morgan fingerprint density at radius 3 is 2.67 bits per heavy atom. The van der Waals surface area contributed by atoms with E-state index in [0.717, 1.165) is 18.7 Å². The Morgan fingerprint density at radius 1 is 1.29 bits per heavy atom. The number of morpholine rings is 1. The average Bonchev–Trinajstić information content (AvgIpc) is 2.61. The summed E-state index contributed by atoms with van der Waals surface area (Å²) >= 11 is 0. The molecule has 0 radical (unpaired) electrons. The van der Waals surface area contributed by atoms with Crippen molar-refractivity contribution in [3.8, 4) is 0 Å². The molecule has 1 aromatic heterocycles. The maximum atomic E-state index is 6.15. The van der Waals surface area contributed by atoms with Crippen LogP contribution in [0.25, 0.3) is 0 Å². The van der Waals surface area contributed by atoms with Crippen LogP contribution in [-0.2, 0) is 9.47 Å². The summed E-state index contributed by atoms with van der Waals surface area (Å²) in [5.74, 6) is 0.0958. The summed E-state index contributed by atoms with van der Waals surface area (Å²) in [5, 5.41) is 3.32. The number of nitrogen functional groups attached to an aromatic ring is 1. The zero-order valence-corrected chi connectivity index (χ0v) is 13.7. The van der Waals surface area contributed by atoms with E-state index in [1.165, 1.54) is 0 Å². The summed E-state index contributed by atoms with van der Waals surface area (Å²) in [6.07, 6.45) is 5.73. The molecule has 0 amide bonds. The molecule has 2 aliphatic heterocycles. The molecule has 0 spiro atoms. The van der Waals surface area contributed by atoms with Crippen LogP contribution in [-0.4, -0.2) is 66.4 Å². The minimum Gasteiger partial charge on any atom is -0.385 e. The highest BCUT2D eigenvalue weighted by atomic mass is 16.5. The van der Waals surface area contributed by atoms with E-state index in [0.29, 0.717) is 37.8 Å². The number of hydrogen-bond acceptors (Lipinski definition) is 9. The number of aliphatic imine (C=N–C) groups is 1. The minimum atomic E-state index is -0.671. The van der Waals surface area contributed by atoms with Crippen LogP contribution in [0.3, 0.4) is 0 Å².